The van der Waals surface area contributed by atoms with Crippen molar-refractivity contribution in [3.05, 3.63) is 0 Å². The summed E-state index contributed by atoms with van der Waals surface area (Å²) in [4.78, 5) is 2.51. The van der Waals surface area contributed by atoms with Gasteiger partial charge in [-0.2, -0.15) is 0 Å². The number of rotatable bonds is 4. The average Bonchev–Trinajstić information content (AvgIpc) is 2.77. The number of hydrogen-bond acceptors (Lipinski definition) is 4. The molecule has 106 valence electrons. The summed E-state index contributed by atoms with van der Waals surface area (Å²) in [6.45, 7) is 3.03. The zero-order valence-electron chi connectivity index (χ0n) is 11.3. The van der Waals surface area contributed by atoms with Gasteiger partial charge in [-0.05, 0) is 51.1 Å². The van der Waals surface area contributed by atoms with Crippen molar-refractivity contribution in [2.75, 3.05) is 25.9 Å². The van der Waals surface area contributed by atoms with E-state index in [1.807, 2.05) is 0 Å². The van der Waals surface area contributed by atoms with Gasteiger partial charge in [-0.3, -0.25) is 0 Å². The quantitative estimate of drug-likeness (QED) is 0.831. The average molecular weight is 274 g/mol. The lowest BCUT2D eigenvalue weighted by molar-refractivity contribution is 0.185. The Hall–Kier alpha value is -0.130. The number of sulfone groups is 1. The fraction of sp³-hybridized carbons (Fsp3) is 1.00. The van der Waals surface area contributed by atoms with Crippen molar-refractivity contribution in [1.29, 1.82) is 0 Å². The zero-order valence-corrected chi connectivity index (χ0v) is 12.2. The van der Waals surface area contributed by atoms with Crippen LogP contribution in [0.25, 0.3) is 0 Å². The fourth-order valence-corrected chi connectivity index (χ4v) is 4.67. The second-order valence-electron chi connectivity index (χ2n) is 6.00. The molecule has 1 aliphatic heterocycles. The van der Waals surface area contributed by atoms with Crippen LogP contribution in [0.4, 0.5) is 0 Å². The molecule has 1 aliphatic carbocycles. The molecule has 2 N–H and O–H groups in total. The van der Waals surface area contributed by atoms with Gasteiger partial charge in [0.05, 0.1) is 5.25 Å². The molecule has 0 aromatic rings. The number of nitrogens with two attached hydrogens (primary N) is 1. The lowest BCUT2D eigenvalue weighted by Crippen LogP contribution is -2.41. The molecule has 1 saturated carbocycles. The molecule has 0 amide bonds. The lowest BCUT2D eigenvalue weighted by Gasteiger charge is -2.34. The zero-order chi connectivity index (χ0) is 13.2. The van der Waals surface area contributed by atoms with Gasteiger partial charge in [-0.15, -0.1) is 0 Å². The van der Waals surface area contributed by atoms with E-state index in [9.17, 15) is 8.42 Å². The van der Waals surface area contributed by atoms with Crippen LogP contribution in [0.1, 0.15) is 38.5 Å². The molecule has 18 heavy (non-hydrogen) atoms. The van der Waals surface area contributed by atoms with Crippen LogP contribution in [0.15, 0.2) is 0 Å². The molecule has 0 aromatic heterocycles. The third kappa shape index (κ3) is 3.45. The van der Waals surface area contributed by atoms with E-state index < -0.39 is 9.84 Å². The SMILES string of the molecule is CS(=O)(=O)C1CCCC(N2CCC(CCN)C2)C1. The lowest BCUT2D eigenvalue weighted by atomic mass is 9.94. The Morgan fingerprint density at radius 1 is 1.28 bits per heavy atom. The molecule has 0 aromatic carbocycles. The smallest absolute Gasteiger partial charge is 0.150 e. The van der Waals surface area contributed by atoms with Crippen LogP contribution in [0.3, 0.4) is 0 Å². The standard InChI is InChI=1S/C13H26N2O2S/c1-18(16,17)13-4-2-3-12(9-13)15-8-6-11(10-15)5-7-14/h11-13H,2-10,14H2,1H3. The van der Waals surface area contributed by atoms with Gasteiger partial charge in [0.25, 0.3) is 0 Å². The Bertz CT molecular complexity index is 369. The van der Waals surface area contributed by atoms with Crippen molar-refractivity contribution < 1.29 is 8.42 Å². The molecule has 2 aliphatic rings. The molecule has 2 fully saturated rings. The first-order valence-electron chi connectivity index (χ1n) is 7.13. The monoisotopic (exact) mass is 274 g/mol. The van der Waals surface area contributed by atoms with Crippen LogP contribution < -0.4 is 5.73 Å². The van der Waals surface area contributed by atoms with Crippen molar-refractivity contribution in [2.24, 2.45) is 11.7 Å². The molecule has 3 unspecified atom stereocenters. The first-order valence-corrected chi connectivity index (χ1v) is 9.09. The third-order valence-electron chi connectivity index (χ3n) is 4.61. The Kier molecular flexibility index (Phi) is 4.67. The minimum Gasteiger partial charge on any atom is -0.330 e. The maximum absolute atomic E-state index is 11.7. The van der Waals surface area contributed by atoms with E-state index in [0.717, 1.165) is 51.2 Å². The Balaban J connectivity index is 1.90. The Morgan fingerprint density at radius 2 is 2.06 bits per heavy atom. The highest BCUT2D eigenvalue weighted by Gasteiger charge is 2.34. The summed E-state index contributed by atoms with van der Waals surface area (Å²) in [5.74, 6) is 0.730. The predicted octanol–water partition coefficient (Wildman–Crippen LogP) is 1.01. The van der Waals surface area contributed by atoms with E-state index in [1.54, 1.807) is 0 Å². The highest BCUT2D eigenvalue weighted by atomic mass is 32.2. The molecule has 5 heteroatoms. The summed E-state index contributed by atoms with van der Waals surface area (Å²) in [6, 6.07) is 0.487. The van der Waals surface area contributed by atoms with Gasteiger partial charge in [-0.1, -0.05) is 6.42 Å². The van der Waals surface area contributed by atoms with Crippen LogP contribution in [0.2, 0.25) is 0 Å². The van der Waals surface area contributed by atoms with Crippen molar-refractivity contribution in [3.63, 3.8) is 0 Å². The van der Waals surface area contributed by atoms with Crippen LogP contribution in [0.5, 0.6) is 0 Å². The number of hydrogen-bond donors (Lipinski definition) is 1. The van der Waals surface area contributed by atoms with E-state index >= 15 is 0 Å². The van der Waals surface area contributed by atoms with Gasteiger partial charge in [0.1, 0.15) is 9.84 Å². The molecule has 0 spiro atoms. The molecule has 0 radical (unpaired) electrons. The van der Waals surface area contributed by atoms with Gasteiger partial charge in [0.15, 0.2) is 0 Å². The number of nitrogens with zero attached hydrogens (tertiary/aromatic N) is 1. The van der Waals surface area contributed by atoms with Crippen molar-refractivity contribution in [2.45, 2.75) is 49.8 Å². The van der Waals surface area contributed by atoms with Crippen molar-refractivity contribution in [1.82, 2.24) is 4.90 Å². The molecular formula is C13H26N2O2S. The fourth-order valence-electron chi connectivity index (χ4n) is 3.51. The summed E-state index contributed by atoms with van der Waals surface area (Å²) >= 11 is 0. The minimum atomic E-state index is -2.86. The summed E-state index contributed by atoms with van der Waals surface area (Å²) in [6.07, 6.45) is 7.66. The van der Waals surface area contributed by atoms with Gasteiger partial charge < -0.3 is 10.6 Å². The number of likely N-dealkylation sites (tertiary alicyclic amines) is 1. The van der Waals surface area contributed by atoms with E-state index in [4.69, 9.17) is 5.73 Å². The summed E-state index contributed by atoms with van der Waals surface area (Å²) in [5, 5.41) is -0.107. The predicted molar refractivity (Wildman–Crippen MR) is 74.2 cm³/mol. The van der Waals surface area contributed by atoms with Crippen molar-refractivity contribution in [3.8, 4) is 0 Å². The Labute approximate surface area is 111 Å². The van der Waals surface area contributed by atoms with E-state index in [0.29, 0.717) is 6.04 Å². The highest BCUT2D eigenvalue weighted by Crippen LogP contribution is 2.31. The topological polar surface area (TPSA) is 63.4 Å². The first-order chi connectivity index (χ1) is 8.50. The Morgan fingerprint density at radius 3 is 2.72 bits per heavy atom. The summed E-state index contributed by atoms with van der Waals surface area (Å²) < 4.78 is 23.4. The van der Waals surface area contributed by atoms with E-state index in [1.165, 1.54) is 19.1 Å². The first kappa shape index (κ1) is 14.3. The second-order valence-corrected chi connectivity index (χ2v) is 8.32. The molecule has 1 saturated heterocycles. The molecule has 0 bridgehead atoms. The largest absolute Gasteiger partial charge is 0.330 e. The van der Waals surface area contributed by atoms with Gasteiger partial charge in [0.2, 0.25) is 0 Å². The molecule has 4 nitrogen and oxygen atoms in total. The van der Waals surface area contributed by atoms with Crippen molar-refractivity contribution >= 4 is 9.84 Å². The van der Waals surface area contributed by atoms with E-state index in [2.05, 4.69) is 4.90 Å². The second kappa shape index (κ2) is 5.88. The van der Waals surface area contributed by atoms with Crippen LogP contribution in [-0.2, 0) is 9.84 Å². The minimum absolute atomic E-state index is 0.107. The highest BCUT2D eigenvalue weighted by molar-refractivity contribution is 7.91. The van der Waals surface area contributed by atoms with Crippen LogP contribution in [0, 0.1) is 5.92 Å². The molecular weight excluding hydrogens is 248 g/mol. The molecule has 3 atom stereocenters. The maximum atomic E-state index is 11.7. The van der Waals surface area contributed by atoms with E-state index in [-0.39, 0.29) is 5.25 Å². The van der Waals surface area contributed by atoms with Gasteiger partial charge >= 0.3 is 0 Å². The van der Waals surface area contributed by atoms with Gasteiger partial charge in [-0.25, -0.2) is 8.42 Å². The molecule has 2 rings (SSSR count). The van der Waals surface area contributed by atoms with Gasteiger partial charge in [0, 0.05) is 18.8 Å². The van der Waals surface area contributed by atoms with Crippen LogP contribution in [-0.4, -0.2) is 50.5 Å². The summed E-state index contributed by atoms with van der Waals surface area (Å²) in [7, 11) is -2.86. The normalized spacial score (nSPS) is 34.9. The summed E-state index contributed by atoms with van der Waals surface area (Å²) in [5.41, 5.74) is 5.61. The third-order valence-corrected chi connectivity index (χ3v) is 6.25. The van der Waals surface area contributed by atoms with Crippen LogP contribution >= 0.6 is 0 Å². The maximum Gasteiger partial charge on any atom is 0.150 e. The molecule has 1 heterocycles.